The van der Waals surface area contributed by atoms with Gasteiger partial charge in [0, 0.05) is 41.1 Å². The monoisotopic (exact) mass is 296 g/mol. The van der Waals surface area contributed by atoms with Crippen LogP contribution in [0.1, 0.15) is 22.6 Å². The number of fused-ring (bicyclic) bond motifs is 3. The topological polar surface area (TPSA) is 19.0 Å². The van der Waals surface area contributed by atoms with Crippen molar-refractivity contribution in [3.05, 3.63) is 70.4 Å². The first kappa shape index (κ1) is 12.9. The molecule has 0 spiro atoms. The molecule has 21 heavy (non-hydrogen) atoms. The Morgan fingerprint density at radius 3 is 2.95 bits per heavy atom. The van der Waals surface area contributed by atoms with Crippen LogP contribution in [0.25, 0.3) is 10.9 Å². The summed E-state index contributed by atoms with van der Waals surface area (Å²) in [5, 5.41) is 2.15. The Hall–Kier alpha value is -1.77. The molecule has 106 valence electrons. The number of likely N-dealkylation sites (N-methyl/N-ethyl adjacent to an activating group) is 1. The van der Waals surface area contributed by atoms with Crippen molar-refractivity contribution in [2.45, 2.75) is 12.5 Å². The lowest BCUT2D eigenvalue weighted by atomic mass is 9.83. The summed E-state index contributed by atoms with van der Waals surface area (Å²) in [6, 6.07) is 14.9. The first-order valence-electron chi connectivity index (χ1n) is 7.25. The fraction of sp³-hybridized carbons (Fsp3) is 0.222. The highest BCUT2D eigenvalue weighted by atomic mass is 35.5. The Morgan fingerprint density at radius 2 is 2.10 bits per heavy atom. The summed E-state index contributed by atoms with van der Waals surface area (Å²) < 4.78 is 0. The first-order valence-corrected chi connectivity index (χ1v) is 7.63. The molecule has 0 amide bonds. The van der Waals surface area contributed by atoms with E-state index < -0.39 is 0 Å². The number of hydrogen-bond acceptors (Lipinski definition) is 1. The fourth-order valence-electron chi connectivity index (χ4n) is 3.47. The zero-order chi connectivity index (χ0) is 14.4. The number of benzene rings is 2. The Bertz CT molecular complexity index is 806. The van der Waals surface area contributed by atoms with Crippen molar-refractivity contribution in [1.29, 1.82) is 0 Å². The molecule has 0 saturated heterocycles. The number of halogens is 1. The third kappa shape index (κ3) is 2.15. The summed E-state index contributed by atoms with van der Waals surface area (Å²) in [7, 11) is 2.19. The van der Waals surface area contributed by atoms with Crippen LogP contribution in [0.3, 0.4) is 0 Å². The number of nitrogens with zero attached hydrogens (tertiary/aromatic N) is 1. The standard InChI is InChI=1S/C18H17ClN2/c1-21-10-16(12-3-2-4-13(19)9-12)14-5-6-18-15(7-8-20-18)17(14)11-21/h2-9,16,20H,10-11H2,1H3. The predicted molar refractivity (Wildman–Crippen MR) is 87.9 cm³/mol. The Balaban J connectivity index is 1.91. The van der Waals surface area contributed by atoms with Crippen LogP contribution in [-0.2, 0) is 6.54 Å². The predicted octanol–water partition coefficient (Wildman–Crippen LogP) is 4.40. The van der Waals surface area contributed by atoms with Crippen molar-refractivity contribution >= 4 is 22.5 Å². The van der Waals surface area contributed by atoms with Crippen molar-refractivity contribution in [3.8, 4) is 0 Å². The summed E-state index contributed by atoms with van der Waals surface area (Å²) in [5.41, 5.74) is 5.38. The summed E-state index contributed by atoms with van der Waals surface area (Å²) in [4.78, 5) is 5.70. The quantitative estimate of drug-likeness (QED) is 0.705. The van der Waals surface area contributed by atoms with Gasteiger partial charge in [-0.3, -0.25) is 0 Å². The van der Waals surface area contributed by atoms with Gasteiger partial charge in [-0.25, -0.2) is 0 Å². The van der Waals surface area contributed by atoms with Gasteiger partial charge in [0.25, 0.3) is 0 Å². The van der Waals surface area contributed by atoms with Crippen molar-refractivity contribution in [2.75, 3.05) is 13.6 Å². The number of nitrogens with one attached hydrogen (secondary N) is 1. The normalized spacial score (nSPS) is 18.9. The number of rotatable bonds is 1. The molecule has 1 unspecified atom stereocenters. The number of hydrogen-bond donors (Lipinski definition) is 1. The van der Waals surface area contributed by atoms with Gasteiger partial charge in [-0.05, 0) is 48.0 Å². The van der Waals surface area contributed by atoms with Gasteiger partial charge in [0.05, 0.1) is 0 Å². The highest BCUT2D eigenvalue weighted by Crippen LogP contribution is 2.37. The minimum Gasteiger partial charge on any atom is -0.361 e. The van der Waals surface area contributed by atoms with Crippen molar-refractivity contribution in [2.24, 2.45) is 0 Å². The lowest BCUT2D eigenvalue weighted by Gasteiger charge is -2.33. The van der Waals surface area contributed by atoms with Gasteiger partial charge in [-0.2, -0.15) is 0 Å². The molecule has 0 radical (unpaired) electrons. The van der Waals surface area contributed by atoms with Crippen LogP contribution >= 0.6 is 11.6 Å². The molecule has 3 heteroatoms. The van der Waals surface area contributed by atoms with E-state index in [1.54, 1.807) is 0 Å². The van der Waals surface area contributed by atoms with E-state index in [1.165, 1.54) is 27.6 Å². The minimum absolute atomic E-state index is 0.386. The van der Waals surface area contributed by atoms with Crippen LogP contribution in [0.15, 0.2) is 48.7 Å². The van der Waals surface area contributed by atoms with E-state index in [0.29, 0.717) is 5.92 Å². The molecule has 3 aromatic rings. The average Bonchev–Trinajstić information content (AvgIpc) is 2.95. The molecular weight excluding hydrogens is 280 g/mol. The highest BCUT2D eigenvalue weighted by Gasteiger charge is 2.26. The molecule has 0 fully saturated rings. The van der Waals surface area contributed by atoms with Gasteiger partial charge in [0.2, 0.25) is 0 Å². The van der Waals surface area contributed by atoms with E-state index in [4.69, 9.17) is 11.6 Å². The lowest BCUT2D eigenvalue weighted by molar-refractivity contribution is 0.297. The Morgan fingerprint density at radius 1 is 1.19 bits per heavy atom. The number of H-pyrrole nitrogens is 1. The Kier molecular flexibility index (Phi) is 3.02. The Labute approximate surface area is 129 Å². The molecule has 2 heterocycles. The summed E-state index contributed by atoms with van der Waals surface area (Å²) in [6.45, 7) is 2.03. The molecular formula is C18H17ClN2. The molecule has 1 aliphatic rings. The fourth-order valence-corrected chi connectivity index (χ4v) is 3.67. The summed E-state index contributed by atoms with van der Waals surface area (Å²) >= 11 is 6.19. The molecule has 2 nitrogen and oxygen atoms in total. The van der Waals surface area contributed by atoms with Gasteiger partial charge >= 0.3 is 0 Å². The third-order valence-corrected chi connectivity index (χ3v) is 4.67. The van der Waals surface area contributed by atoms with Crippen LogP contribution in [-0.4, -0.2) is 23.5 Å². The van der Waals surface area contributed by atoms with Crippen LogP contribution in [0, 0.1) is 0 Å². The van der Waals surface area contributed by atoms with Gasteiger partial charge in [0.15, 0.2) is 0 Å². The maximum atomic E-state index is 6.19. The molecule has 1 N–H and O–H groups in total. The van der Waals surface area contributed by atoms with E-state index in [2.05, 4.69) is 47.3 Å². The molecule has 1 atom stereocenters. The summed E-state index contributed by atoms with van der Waals surface area (Å²) in [6.07, 6.45) is 2.02. The number of aromatic nitrogens is 1. The molecule has 4 rings (SSSR count). The zero-order valence-corrected chi connectivity index (χ0v) is 12.7. The van der Waals surface area contributed by atoms with Gasteiger partial charge in [0.1, 0.15) is 0 Å². The smallest absolute Gasteiger partial charge is 0.0457 e. The molecule has 0 aliphatic carbocycles. The molecule has 0 saturated carbocycles. The van der Waals surface area contributed by atoms with E-state index in [9.17, 15) is 0 Å². The second-order valence-corrected chi connectivity index (χ2v) is 6.31. The largest absolute Gasteiger partial charge is 0.361 e. The molecule has 0 bridgehead atoms. The van der Waals surface area contributed by atoms with Crippen LogP contribution in [0.2, 0.25) is 5.02 Å². The third-order valence-electron chi connectivity index (χ3n) is 4.43. The van der Waals surface area contributed by atoms with E-state index in [1.807, 2.05) is 18.3 Å². The zero-order valence-electron chi connectivity index (χ0n) is 11.9. The van der Waals surface area contributed by atoms with Gasteiger partial charge in [-0.1, -0.05) is 29.8 Å². The maximum Gasteiger partial charge on any atom is 0.0457 e. The maximum absolute atomic E-state index is 6.19. The second-order valence-electron chi connectivity index (χ2n) is 5.88. The SMILES string of the molecule is CN1Cc2c(ccc3[nH]ccc23)C(c2cccc(Cl)c2)C1. The van der Waals surface area contributed by atoms with Crippen molar-refractivity contribution in [1.82, 2.24) is 9.88 Å². The minimum atomic E-state index is 0.386. The molecule has 1 aliphatic heterocycles. The van der Waals surface area contributed by atoms with Gasteiger partial charge < -0.3 is 9.88 Å². The summed E-state index contributed by atoms with van der Waals surface area (Å²) in [5.74, 6) is 0.386. The lowest BCUT2D eigenvalue weighted by Crippen LogP contribution is -2.31. The van der Waals surface area contributed by atoms with Gasteiger partial charge in [-0.15, -0.1) is 0 Å². The first-order chi connectivity index (χ1) is 10.2. The van der Waals surface area contributed by atoms with E-state index in [0.717, 1.165) is 18.1 Å². The van der Waals surface area contributed by atoms with E-state index >= 15 is 0 Å². The van der Waals surface area contributed by atoms with E-state index in [-0.39, 0.29) is 0 Å². The van der Waals surface area contributed by atoms with Crippen molar-refractivity contribution in [3.63, 3.8) is 0 Å². The highest BCUT2D eigenvalue weighted by molar-refractivity contribution is 6.30. The van der Waals surface area contributed by atoms with Crippen LogP contribution in [0.4, 0.5) is 0 Å². The van der Waals surface area contributed by atoms with Crippen LogP contribution < -0.4 is 0 Å². The van der Waals surface area contributed by atoms with Crippen LogP contribution in [0.5, 0.6) is 0 Å². The second kappa shape index (κ2) is 4.90. The van der Waals surface area contributed by atoms with Crippen molar-refractivity contribution < 1.29 is 0 Å². The number of aromatic amines is 1. The molecule has 1 aromatic heterocycles. The average molecular weight is 297 g/mol. The molecule has 2 aromatic carbocycles.